The molecule has 0 saturated carbocycles. The van der Waals surface area contributed by atoms with E-state index >= 15 is 0 Å². The summed E-state index contributed by atoms with van der Waals surface area (Å²) in [6.45, 7) is 0.145. The molecule has 1 aromatic heterocycles. The first-order valence-electron chi connectivity index (χ1n) is 4.56. The van der Waals surface area contributed by atoms with E-state index in [0.717, 1.165) is 6.07 Å². The van der Waals surface area contributed by atoms with Crippen LogP contribution >= 0.6 is 0 Å². The van der Waals surface area contributed by atoms with E-state index in [9.17, 15) is 9.18 Å². The molecule has 0 aliphatic heterocycles. The third-order valence-corrected chi connectivity index (χ3v) is 1.96. The van der Waals surface area contributed by atoms with Crippen LogP contribution in [0.3, 0.4) is 0 Å². The van der Waals surface area contributed by atoms with Crippen LogP contribution in [0.2, 0.25) is 0 Å². The van der Waals surface area contributed by atoms with E-state index in [1.807, 2.05) is 0 Å². The Balaban J connectivity index is 2.12. The van der Waals surface area contributed by atoms with Gasteiger partial charge in [-0.05, 0) is 18.2 Å². The molecule has 0 aliphatic carbocycles. The average molecular weight is 221 g/mol. The molecule has 0 fully saturated rings. The Kier molecular flexibility index (Phi) is 2.95. The SMILES string of the molecule is O=Cc1cc(F)ccc1OCc1ccno1. The molecule has 16 heavy (non-hydrogen) atoms. The minimum Gasteiger partial charge on any atom is -0.485 e. The molecule has 0 amide bonds. The summed E-state index contributed by atoms with van der Waals surface area (Å²) in [5.41, 5.74) is 0.166. The van der Waals surface area contributed by atoms with Crippen LogP contribution in [0.1, 0.15) is 16.1 Å². The molecule has 0 N–H and O–H groups in total. The van der Waals surface area contributed by atoms with Gasteiger partial charge in [0.1, 0.15) is 18.2 Å². The monoisotopic (exact) mass is 221 g/mol. The van der Waals surface area contributed by atoms with Crippen LogP contribution in [0.4, 0.5) is 4.39 Å². The Morgan fingerprint density at radius 3 is 3.00 bits per heavy atom. The van der Waals surface area contributed by atoms with Gasteiger partial charge in [-0.1, -0.05) is 5.16 Å². The summed E-state index contributed by atoms with van der Waals surface area (Å²) in [6.07, 6.45) is 2.03. The van der Waals surface area contributed by atoms with Gasteiger partial charge in [0, 0.05) is 6.07 Å². The molecule has 2 aromatic rings. The fraction of sp³-hybridized carbons (Fsp3) is 0.0909. The molecular weight excluding hydrogens is 213 g/mol. The van der Waals surface area contributed by atoms with Crippen LogP contribution in [0.15, 0.2) is 35.0 Å². The molecule has 5 heteroatoms. The van der Waals surface area contributed by atoms with Crippen molar-refractivity contribution in [1.29, 1.82) is 0 Å². The summed E-state index contributed by atoms with van der Waals surface area (Å²) in [5, 5.41) is 3.51. The summed E-state index contributed by atoms with van der Waals surface area (Å²) in [7, 11) is 0. The summed E-state index contributed by atoms with van der Waals surface area (Å²) < 4.78 is 22.9. The Bertz CT molecular complexity index is 482. The number of benzene rings is 1. The number of rotatable bonds is 4. The highest BCUT2D eigenvalue weighted by Gasteiger charge is 2.06. The molecule has 0 spiro atoms. The van der Waals surface area contributed by atoms with Gasteiger partial charge in [0.2, 0.25) is 0 Å². The molecule has 0 atom stereocenters. The van der Waals surface area contributed by atoms with Crippen molar-refractivity contribution in [3.63, 3.8) is 0 Å². The van der Waals surface area contributed by atoms with E-state index in [0.29, 0.717) is 17.8 Å². The number of nitrogens with zero attached hydrogens (tertiary/aromatic N) is 1. The number of carbonyl (C=O) groups excluding carboxylic acids is 1. The number of hydrogen-bond donors (Lipinski definition) is 0. The van der Waals surface area contributed by atoms with Gasteiger partial charge in [-0.25, -0.2) is 4.39 Å². The zero-order valence-corrected chi connectivity index (χ0v) is 8.22. The molecule has 0 radical (unpaired) electrons. The maximum absolute atomic E-state index is 12.8. The molecule has 1 aromatic carbocycles. The molecule has 1 heterocycles. The normalized spacial score (nSPS) is 10.1. The lowest BCUT2D eigenvalue weighted by molar-refractivity contribution is 0.111. The number of aldehydes is 1. The average Bonchev–Trinajstić information content (AvgIpc) is 2.80. The minimum atomic E-state index is -0.478. The van der Waals surface area contributed by atoms with Gasteiger partial charge in [0.05, 0.1) is 11.8 Å². The van der Waals surface area contributed by atoms with Crippen LogP contribution in [0.5, 0.6) is 5.75 Å². The van der Waals surface area contributed by atoms with Crippen molar-refractivity contribution in [2.75, 3.05) is 0 Å². The summed E-state index contributed by atoms with van der Waals surface area (Å²) in [6, 6.07) is 5.38. The number of halogens is 1. The van der Waals surface area contributed by atoms with Crippen LogP contribution in [0, 0.1) is 5.82 Å². The second kappa shape index (κ2) is 4.57. The second-order valence-corrected chi connectivity index (χ2v) is 3.07. The molecule has 0 unspecified atom stereocenters. The Morgan fingerprint density at radius 2 is 2.31 bits per heavy atom. The molecule has 0 saturated heterocycles. The first kappa shape index (κ1) is 10.4. The second-order valence-electron chi connectivity index (χ2n) is 3.07. The lowest BCUT2D eigenvalue weighted by Crippen LogP contribution is -1.97. The third kappa shape index (κ3) is 2.25. The Morgan fingerprint density at radius 1 is 1.44 bits per heavy atom. The van der Waals surface area contributed by atoms with Gasteiger partial charge in [-0.3, -0.25) is 4.79 Å². The van der Waals surface area contributed by atoms with Crippen molar-refractivity contribution < 1.29 is 18.4 Å². The van der Waals surface area contributed by atoms with Crippen LogP contribution in [-0.4, -0.2) is 11.4 Å². The smallest absolute Gasteiger partial charge is 0.174 e. The third-order valence-electron chi connectivity index (χ3n) is 1.96. The highest BCUT2D eigenvalue weighted by atomic mass is 19.1. The molecule has 0 aliphatic rings. The fourth-order valence-corrected chi connectivity index (χ4v) is 1.21. The van der Waals surface area contributed by atoms with Crippen molar-refractivity contribution in [1.82, 2.24) is 5.16 Å². The molecule has 2 rings (SSSR count). The minimum absolute atomic E-state index is 0.145. The van der Waals surface area contributed by atoms with Gasteiger partial charge in [0.25, 0.3) is 0 Å². The molecular formula is C11H8FNO3. The lowest BCUT2D eigenvalue weighted by atomic mass is 10.2. The van der Waals surface area contributed by atoms with Crippen molar-refractivity contribution in [3.8, 4) is 5.75 Å². The molecule has 4 nitrogen and oxygen atoms in total. The van der Waals surface area contributed by atoms with E-state index in [-0.39, 0.29) is 12.2 Å². The quantitative estimate of drug-likeness (QED) is 0.742. The van der Waals surface area contributed by atoms with Gasteiger partial charge in [0.15, 0.2) is 12.0 Å². The van der Waals surface area contributed by atoms with Crippen molar-refractivity contribution in [2.24, 2.45) is 0 Å². The zero-order chi connectivity index (χ0) is 11.4. The predicted octanol–water partition coefficient (Wildman–Crippen LogP) is 2.21. The van der Waals surface area contributed by atoms with E-state index in [2.05, 4.69) is 5.16 Å². The lowest BCUT2D eigenvalue weighted by Gasteiger charge is -2.05. The predicted molar refractivity (Wildman–Crippen MR) is 52.6 cm³/mol. The van der Waals surface area contributed by atoms with Crippen molar-refractivity contribution in [3.05, 3.63) is 47.6 Å². The van der Waals surface area contributed by atoms with Crippen LogP contribution in [0.25, 0.3) is 0 Å². The number of ether oxygens (including phenoxy) is 1. The standard InChI is InChI=1S/C11H8FNO3/c12-9-1-2-11(8(5-9)6-14)15-7-10-3-4-13-16-10/h1-6H,7H2. The zero-order valence-electron chi connectivity index (χ0n) is 8.22. The van der Waals surface area contributed by atoms with E-state index in [1.165, 1.54) is 18.3 Å². The summed E-state index contributed by atoms with van der Waals surface area (Å²) >= 11 is 0. The van der Waals surface area contributed by atoms with E-state index in [4.69, 9.17) is 9.26 Å². The topological polar surface area (TPSA) is 52.3 Å². The van der Waals surface area contributed by atoms with Crippen molar-refractivity contribution >= 4 is 6.29 Å². The van der Waals surface area contributed by atoms with Gasteiger partial charge in [-0.2, -0.15) is 0 Å². The Hall–Kier alpha value is -2.17. The highest BCUT2D eigenvalue weighted by molar-refractivity contribution is 5.79. The van der Waals surface area contributed by atoms with Crippen molar-refractivity contribution in [2.45, 2.75) is 6.61 Å². The van der Waals surface area contributed by atoms with Gasteiger partial charge < -0.3 is 9.26 Å². The van der Waals surface area contributed by atoms with E-state index < -0.39 is 5.82 Å². The number of carbonyl (C=O) groups is 1. The van der Waals surface area contributed by atoms with E-state index in [1.54, 1.807) is 6.07 Å². The summed E-state index contributed by atoms with van der Waals surface area (Å²) in [4.78, 5) is 10.7. The maximum Gasteiger partial charge on any atom is 0.174 e. The first-order valence-corrected chi connectivity index (χ1v) is 4.56. The number of aromatic nitrogens is 1. The van der Waals surface area contributed by atoms with Crippen LogP contribution < -0.4 is 4.74 Å². The fourth-order valence-electron chi connectivity index (χ4n) is 1.21. The van der Waals surface area contributed by atoms with Gasteiger partial charge >= 0.3 is 0 Å². The molecule has 0 bridgehead atoms. The number of hydrogen-bond acceptors (Lipinski definition) is 4. The highest BCUT2D eigenvalue weighted by Crippen LogP contribution is 2.19. The maximum atomic E-state index is 12.8. The first-order chi connectivity index (χ1) is 7.79. The Labute approximate surface area is 90.6 Å². The molecule has 82 valence electrons. The van der Waals surface area contributed by atoms with Crippen LogP contribution in [-0.2, 0) is 6.61 Å². The summed E-state index contributed by atoms with van der Waals surface area (Å²) in [5.74, 6) is 0.364. The van der Waals surface area contributed by atoms with Gasteiger partial charge in [-0.15, -0.1) is 0 Å². The largest absolute Gasteiger partial charge is 0.485 e.